The Labute approximate surface area is 143 Å². The van der Waals surface area contributed by atoms with Crippen molar-refractivity contribution >= 4 is 5.91 Å². The molecule has 8 heteroatoms. The molecule has 4 rings (SSSR count). The smallest absolute Gasteiger partial charge is 0.309 e. The second kappa shape index (κ2) is 6.12. The van der Waals surface area contributed by atoms with Crippen molar-refractivity contribution in [3.63, 3.8) is 0 Å². The van der Waals surface area contributed by atoms with Crippen molar-refractivity contribution in [2.24, 2.45) is 0 Å². The van der Waals surface area contributed by atoms with Crippen LogP contribution < -0.4 is 5.32 Å². The van der Waals surface area contributed by atoms with E-state index in [4.69, 9.17) is 8.94 Å². The first-order valence-electron chi connectivity index (χ1n) is 8.20. The number of hydrogen-bond donors (Lipinski definition) is 1. The molecule has 3 aromatic rings. The Bertz CT molecular complexity index is 930. The molecule has 1 aromatic carbocycles. The Kier molecular flexibility index (Phi) is 3.79. The second-order valence-corrected chi connectivity index (χ2v) is 5.97. The molecule has 0 aliphatic heterocycles. The lowest BCUT2D eigenvalue weighted by atomic mass is 10.0. The zero-order chi connectivity index (χ0) is 17.4. The number of carbonyl (C=O) groups excluding carboxylic acids is 1. The van der Waals surface area contributed by atoms with Gasteiger partial charge in [0.15, 0.2) is 0 Å². The molecule has 1 N–H and O–H groups in total. The predicted molar refractivity (Wildman–Crippen MR) is 86.7 cm³/mol. The molecular formula is C17H17N5O3. The van der Waals surface area contributed by atoms with E-state index in [2.05, 4.69) is 31.7 Å². The summed E-state index contributed by atoms with van der Waals surface area (Å²) in [5, 5.41) is 14.4. The van der Waals surface area contributed by atoms with E-state index in [1.807, 2.05) is 19.1 Å². The first kappa shape index (κ1) is 15.5. The Morgan fingerprint density at radius 3 is 2.96 bits per heavy atom. The van der Waals surface area contributed by atoms with Crippen molar-refractivity contribution in [1.29, 1.82) is 0 Å². The van der Waals surface area contributed by atoms with Gasteiger partial charge in [-0.1, -0.05) is 24.2 Å². The van der Waals surface area contributed by atoms with Gasteiger partial charge < -0.3 is 14.3 Å². The first-order chi connectivity index (χ1) is 12.1. The van der Waals surface area contributed by atoms with Gasteiger partial charge in [0.05, 0.1) is 6.04 Å². The summed E-state index contributed by atoms with van der Waals surface area (Å²) in [6.07, 6.45) is 2.40. The number of aryl methyl sites for hydroxylation is 3. The van der Waals surface area contributed by atoms with Crippen LogP contribution >= 0.6 is 0 Å². The van der Waals surface area contributed by atoms with E-state index in [0.717, 1.165) is 24.0 Å². The number of nitrogens with zero attached hydrogens (tertiary/aromatic N) is 4. The lowest BCUT2D eigenvalue weighted by molar-refractivity contribution is 0.0900. The van der Waals surface area contributed by atoms with Crippen LogP contribution in [-0.2, 0) is 12.8 Å². The van der Waals surface area contributed by atoms with Crippen LogP contribution in [-0.4, -0.2) is 26.2 Å². The number of rotatable bonds is 4. The molecule has 25 heavy (non-hydrogen) atoms. The van der Waals surface area contributed by atoms with Gasteiger partial charge in [0.1, 0.15) is 0 Å². The maximum atomic E-state index is 12.2. The van der Waals surface area contributed by atoms with Crippen LogP contribution in [0.2, 0.25) is 0 Å². The van der Waals surface area contributed by atoms with E-state index in [1.165, 1.54) is 5.56 Å². The summed E-state index contributed by atoms with van der Waals surface area (Å²) >= 11 is 0. The molecule has 2 aromatic heterocycles. The monoisotopic (exact) mass is 339 g/mol. The summed E-state index contributed by atoms with van der Waals surface area (Å²) in [4.78, 5) is 16.6. The minimum Gasteiger partial charge on any atom is -0.417 e. The quantitative estimate of drug-likeness (QED) is 0.777. The number of aromatic nitrogens is 4. The third-order valence-corrected chi connectivity index (χ3v) is 4.28. The molecular weight excluding hydrogens is 322 g/mol. The first-order valence-corrected chi connectivity index (χ1v) is 8.20. The van der Waals surface area contributed by atoms with E-state index in [0.29, 0.717) is 24.0 Å². The van der Waals surface area contributed by atoms with Gasteiger partial charge in [0.25, 0.3) is 0 Å². The van der Waals surface area contributed by atoms with Gasteiger partial charge >= 0.3 is 11.8 Å². The fourth-order valence-electron chi connectivity index (χ4n) is 3.03. The summed E-state index contributed by atoms with van der Waals surface area (Å²) in [5.74, 6) is 1.21. The normalized spacial score (nSPS) is 16.0. The topological polar surface area (TPSA) is 107 Å². The number of nitrogens with one attached hydrogen (secondary N) is 1. The van der Waals surface area contributed by atoms with Crippen molar-refractivity contribution in [1.82, 2.24) is 25.7 Å². The summed E-state index contributed by atoms with van der Waals surface area (Å²) in [7, 11) is 0. The van der Waals surface area contributed by atoms with E-state index in [-0.39, 0.29) is 17.8 Å². The highest BCUT2D eigenvalue weighted by Gasteiger charge is 2.26. The third-order valence-electron chi connectivity index (χ3n) is 4.28. The molecule has 2 heterocycles. The molecule has 1 aliphatic rings. The molecule has 0 fully saturated rings. The van der Waals surface area contributed by atoms with Crippen LogP contribution in [0, 0.1) is 6.92 Å². The highest BCUT2D eigenvalue weighted by Crippen LogP contribution is 2.33. The van der Waals surface area contributed by atoms with Gasteiger partial charge in [0.2, 0.25) is 17.6 Å². The number of amides is 1. The molecule has 128 valence electrons. The van der Waals surface area contributed by atoms with E-state index in [1.54, 1.807) is 6.92 Å². The van der Waals surface area contributed by atoms with Gasteiger partial charge in [-0.3, -0.25) is 4.79 Å². The van der Waals surface area contributed by atoms with Crippen LogP contribution in [0.4, 0.5) is 0 Å². The Morgan fingerprint density at radius 1 is 1.36 bits per heavy atom. The van der Waals surface area contributed by atoms with Gasteiger partial charge in [0, 0.05) is 18.9 Å². The third kappa shape index (κ3) is 2.90. The number of hydrogen-bond acceptors (Lipinski definition) is 7. The van der Waals surface area contributed by atoms with Crippen LogP contribution in [0.15, 0.2) is 27.1 Å². The van der Waals surface area contributed by atoms with Gasteiger partial charge in [-0.05, 0) is 30.0 Å². The van der Waals surface area contributed by atoms with Crippen molar-refractivity contribution < 1.29 is 13.7 Å². The molecule has 1 amide bonds. The Morgan fingerprint density at radius 2 is 2.24 bits per heavy atom. The van der Waals surface area contributed by atoms with E-state index in [9.17, 15) is 4.79 Å². The highest BCUT2D eigenvalue weighted by atomic mass is 16.5. The number of benzene rings is 1. The molecule has 1 atom stereocenters. The molecule has 1 aliphatic carbocycles. The van der Waals surface area contributed by atoms with Crippen LogP contribution in [0.25, 0.3) is 11.4 Å². The zero-order valence-corrected chi connectivity index (χ0v) is 13.9. The van der Waals surface area contributed by atoms with Crippen LogP contribution in [0.1, 0.15) is 53.0 Å². The summed E-state index contributed by atoms with van der Waals surface area (Å²) in [5.41, 5.74) is 3.18. The van der Waals surface area contributed by atoms with E-state index < -0.39 is 0 Å². The van der Waals surface area contributed by atoms with Crippen molar-refractivity contribution in [2.45, 2.75) is 39.2 Å². The number of fused-ring (bicyclic) bond motifs is 1. The lowest BCUT2D eigenvalue weighted by Crippen LogP contribution is -2.27. The summed E-state index contributed by atoms with van der Waals surface area (Å²) in [6.45, 7) is 3.62. The minimum atomic E-state index is -0.353. The zero-order valence-electron chi connectivity index (χ0n) is 13.9. The van der Waals surface area contributed by atoms with Gasteiger partial charge in [-0.2, -0.15) is 4.98 Å². The SMILES string of the molecule is CCc1nc(-c2ccc3c(c2)CC[C@H]3NC(=O)c2nnc(C)o2)no1. The van der Waals surface area contributed by atoms with Gasteiger partial charge in [-0.25, -0.2) is 0 Å². The molecule has 0 saturated carbocycles. The summed E-state index contributed by atoms with van der Waals surface area (Å²) < 4.78 is 10.3. The van der Waals surface area contributed by atoms with Gasteiger partial charge in [-0.15, -0.1) is 10.2 Å². The number of carbonyl (C=O) groups is 1. The van der Waals surface area contributed by atoms with Crippen molar-refractivity contribution in [3.05, 3.63) is 47.0 Å². The fourth-order valence-corrected chi connectivity index (χ4v) is 3.03. The lowest BCUT2D eigenvalue weighted by Gasteiger charge is -2.12. The maximum Gasteiger partial charge on any atom is 0.309 e. The Hall–Kier alpha value is -3.03. The standard InChI is InChI=1S/C17H17N5O3/c1-3-14-19-15(22-25-14)11-4-6-12-10(8-11)5-7-13(12)18-16(23)17-21-20-9(2)24-17/h4,6,8,13H,3,5,7H2,1-2H3,(H,18,23)/t13-/m1/s1. The maximum absolute atomic E-state index is 12.2. The molecule has 0 spiro atoms. The predicted octanol–water partition coefficient (Wildman–Crippen LogP) is 2.41. The minimum absolute atomic E-state index is 0.0125. The van der Waals surface area contributed by atoms with Crippen LogP contribution in [0.5, 0.6) is 0 Å². The average Bonchev–Trinajstić information content (AvgIpc) is 3.34. The molecule has 8 nitrogen and oxygen atoms in total. The van der Waals surface area contributed by atoms with E-state index >= 15 is 0 Å². The van der Waals surface area contributed by atoms with Crippen LogP contribution in [0.3, 0.4) is 0 Å². The highest BCUT2D eigenvalue weighted by molar-refractivity contribution is 5.89. The van der Waals surface area contributed by atoms with Crippen molar-refractivity contribution in [3.8, 4) is 11.4 Å². The second-order valence-electron chi connectivity index (χ2n) is 5.97. The molecule has 0 saturated heterocycles. The largest absolute Gasteiger partial charge is 0.417 e. The fraction of sp³-hybridized carbons (Fsp3) is 0.353. The van der Waals surface area contributed by atoms with Crippen molar-refractivity contribution in [2.75, 3.05) is 0 Å². The molecule has 0 bridgehead atoms. The average molecular weight is 339 g/mol. The molecule has 0 unspecified atom stereocenters. The summed E-state index contributed by atoms with van der Waals surface area (Å²) in [6, 6.07) is 5.94. The Balaban J connectivity index is 1.54. The molecule has 0 radical (unpaired) electrons.